The zero-order valence-electron chi connectivity index (χ0n) is 12.7. The van der Waals surface area contributed by atoms with E-state index in [1.54, 1.807) is 23.5 Å². The quantitative estimate of drug-likeness (QED) is 0.427. The number of nitrogens with zero attached hydrogens (tertiary/aromatic N) is 4. The molecule has 2 N–H and O–H groups in total. The maximum atomic E-state index is 10.3. The van der Waals surface area contributed by atoms with Gasteiger partial charge in [0, 0.05) is 51.7 Å². The number of aliphatic imine (C=N–C) groups is 1. The third kappa shape index (κ3) is 5.33. The minimum atomic E-state index is -0.601. The zero-order valence-corrected chi connectivity index (χ0v) is 15.9. The molecule has 0 aromatic carbocycles. The van der Waals surface area contributed by atoms with Crippen LogP contribution in [0.3, 0.4) is 0 Å². The molecule has 1 aliphatic heterocycles. The van der Waals surface area contributed by atoms with Crippen LogP contribution >= 0.6 is 35.7 Å². The molecule has 1 unspecified atom stereocenters. The summed E-state index contributed by atoms with van der Waals surface area (Å²) in [6, 6.07) is 0. The average Bonchev–Trinajstić information content (AvgIpc) is 3.00. The zero-order chi connectivity index (χ0) is 14.6. The van der Waals surface area contributed by atoms with Crippen LogP contribution in [-0.4, -0.2) is 63.5 Å². The molecule has 1 aliphatic rings. The van der Waals surface area contributed by atoms with Gasteiger partial charge in [-0.25, -0.2) is 0 Å². The van der Waals surface area contributed by atoms with E-state index in [1.165, 1.54) is 0 Å². The fourth-order valence-electron chi connectivity index (χ4n) is 2.27. The second-order valence-electron chi connectivity index (χ2n) is 5.31. The van der Waals surface area contributed by atoms with Crippen molar-refractivity contribution in [2.24, 2.45) is 12.0 Å². The smallest absolute Gasteiger partial charge is 0.193 e. The Labute approximate surface area is 147 Å². The lowest BCUT2D eigenvalue weighted by molar-refractivity contribution is 0.0718. The third-order valence-corrected chi connectivity index (χ3v) is 4.64. The Kier molecular flexibility index (Phi) is 7.28. The summed E-state index contributed by atoms with van der Waals surface area (Å²) < 4.78 is 1.79. The van der Waals surface area contributed by atoms with Crippen molar-refractivity contribution >= 4 is 41.7 Å². The highest BCUT2D eigenvalue weighted by atomic mass is 127. The first-order chi connectivity index (χ1) is 9.52. The summed E-state index contributed by atoms with van der Waals surface area (Å²) in [6.45, 7) is 1.28. The Hall–Kier alpha value is -0.480. The molecule has 1 aromatic heterocycles. The molecule has 1 saturated heterocycles. The molecule has 2 heterocycles. The monoisotopic (exact) mass is 425 g/mol. The Morgan fingerprint density at radius 1 is 1.67 bits per heavy atom. The number of aromatic nitrogens is 2. The summed E-state index contributed by atoms with van der Waals surface area (Å²) in [6.07, 6.45) is 4.68. The van der Waals surface area contributed by atoms with Crippen molar-refractivity contribution in [2.75, 3.05) is 32.1 Å². The van der Waals surface area contributed by atoms with E-state index in [1.807, 2.05) is 31.4 Å². The molecule has 8 heteroatoms. The number of halogens is 1. The number of thioether (sulfide) groups is 1. The molecule has 1 fully saturated rings. The molecule has 0 spiro atoms. The largest absolute Gasteiger partial charge is 0.387 e. The van der Waals surface area contributed by atoms with Gasteiger partial charge in [-0.3, -0.25) is 9.67 Å². The summed E-state index contributed by atoms with van der Waals surface area (Å²) in [7, 11) is 5.65. The fourth-order valence-corrected chi connectivity index (χ4v) is 3.56. The van der Waals surface area contributed by atoms with Crippen LogP contribution in [-0.2, 0) is 13.6 Å². The van der Waals surface area contributed by atoms with Crippen LogP contribution in [0.4, 0.5) is 0 Å². The average molecular weight is 425 g/mol. The second kappa shape index (κ2) is 8.23. The number of aryl methyl sites for hydroxylation is 1. The van der Waals surface area contributed by atoms with Crippen molar-refractivity contribution in [3.8, 4) is 0 Å². The number of guanidine groups is 1. The molecular formula is C13H24IN5OS. The lowest BCUT2D eigenvalue weighted by Crippen LogP contribution is -2.47. The van der Waals surface area contributed by atoms with E-state index in [0.717, 1.165) is 36.0 Å². The molecule has 0 aliphatic carbocycles. The van der Waals surface area contributed by atoms with E-state index in [-0.39, 0.29) is 24.0 Å². The summed E-state index contributed by atoms with van der Waals surface area (Å²) >= 11 is 1.80. The van der Waals surface area contributed by atoms with Crippen LogP contribution in [0.1, 0.15) is 12.0 Å². The molecular weight excluding hydrogens is 401 g/mol. The summed E-state index contributed by atoms with van der Waals surface area (Å²) in [5.41, 5.74) is 0.531. The van der Waals surface area contributed by atoms with E-state index >= 15 is 0 Å². The molecule has 1 atom stereocenters. The van der Waals surface area contributed by atoms with Gasteiger partial charge in [0.25, 0.3) is 0 Å². The van der Waals surface area contributed by atoms with Crippen molar-refractivity contribution in [3.63, 3.8) is 0 Å². The van der Waals surface area contributed by atoms with Crippen LogP contribution in [0.5, 0.6) is 0 Å². The Morgan fingerprint density at radius 2 is 2.43 bits per heavy atom. The summed E-state index contributed by atoms with van der Waals surface area (Å²) in [5.74, 6) is 2.62. The fraction of sp³-hybridized carbons (Fsp3) is 0.692. The van der Waals surface area contributed by atoms with Crippen molar-refractivity contribution < 1.29 is 5.11 Å². The van der Waals surface area contributed by atoms with Gasteiger partial charge in [0.15, 0.2) is 5.96 Å². The van der Waals surface area contributed by atoms with Gasteiger partial charge in [-0.15, -0.1) is 24.0 Å². The first-order valence-electron chi connectivity index (χ1n) is 6.72. The van der Waals surface area contributed by atoms with Gasteiger partial charge in [-0.05, 0) is 12.2 Å². The molecule has 120 valence electrons. The Morgan fingerprint density at radius 3 is 2.95 bits per heavy atom. The number of nitrogens with one attached hydrogen (secondary N) is 1. The molecule has 0 bridgehead atoms. The standard InChI is InChI=1S/C13H23N5OS.HI/c1-14-12(15-9-13(19)4-5-20-10-13)17(2)7-11-6-16-18(3)8-11;/h6,8,19H,4-5,7,9-10H2,1-3H3,(H,14,15);1H. The van der Waals surface area contributed by atoms with Crippen molar-refractivity contribution in [2.45, 2.75) is 18.6 Å². The van der Waals surface area contributed by atoms with Gasteiger partial charge in [0.05, 0.1) is 11.8 Å². The number of rotatable bonds is 4. The number of hydrogen-bond donors (Lipinski definition) is 2. The first kappa shape index (κ1) is 18.6. The predicted molar refractivity (Wildman–Crippen MR) is 98.3 cm³/mol. The number of hydrogen-bond acceptors (Lipinski definition) is 4. The highest BCUT2D eigenvalue weighted by Gasteiger charge is 2.31. The topological polar surface area (TPSA) is 65.7 Å². The van der Waals surface area contributed by atoms with E-state index in [2.05, 4.69) is 15.4 Å². The normalized spacial score (nSPS) is 22.0. The van der Waals surface area contributed by atoms with Gasteiger partial charge in [-0.1, -0.05) is 0 Å². The van der Waals surface area contributed by atoms with Crippen molar-refractivity contribution in [1.29, 1.82) is 0 Å². The first-order valence-corrected chi connectivity index (χ1v) is 7.87. The van der Waals surface area contributed by atoms with Crippen LogP contribution < -0.4 is 5.32 Å². The highest BCUT2D eigenvalue weighted by molar-refractivity contribution is 14.0. The van der Waals surface area contributed by atoms with E-state index in [9.17, 15) is 5.11 Å². The Bertz CT molecular complexity index is 473. The Balaban J connectivity index is 0.00000220. The molecule has 0 amide bonds. The van der Waals surface area contributed by atoms with Gasteiger partial charge < -0.3 is 15.3 Å². The number of aliphatic hydroxyl groups is 1. The SMILES string of the molecule is CN=C(NCC1(O)CCSC1)N(C)Cc1cnn(C)c1.I. The summed E-state index contributed by atoms with van der Waals surface area (Å²) in [5, 5.41) is 17.8. The van der Waals surface area contributed by atoms with Crippen LogP contribution in [0.15, 0.2) is 17.4 Å². The predicted octanol–water partition coefficient (Wildman–Crippen LogP) is 0.913. The van der Waals surface area contributed by atoms with Gasteiger partial charge in [0.1, 0.15) is 0 Å². The molecule has 1 aromatic rings. The maximum Gasteiger partial charge on any atom is 0.193 e. The van der Waals surface area contributed by atoms with E-state index in [0.29, 0.717) is 6.54 Å². The highest BCUT2D eigenvalue weighted by Crippen LogP contribution is 2.26. The van der Waals surface area contributed by atoms with Gasteiger partial charge in [-0.2, -0.15) is 16.9 Å². The molecule has 2 rings (SSSR count). The minimum Gasteiger partial charge on any atom is -0.387 e. The van der Waals surface area contributed by atoms with Crippen LogP contribution in [0, 0.1) is 0 Å². The molecule has 0 saturated carbocycles. The summed E-state index contributed by atoms with van der Waals surface area (Å²) in [4.78, 5) is 6.30. The van der Waals surface area contributed by atoms with E-state index in [4.69, 9.17) is 0 Å². The van der Waals surface area contributed by atoms with Gasteiger partial charge in [0.2, 0.25) is 0 Å². The molecule has 6 nitrogen and oxygen atoms in total. The minimum absolute atomic E-state index is 0. The van der Waals surface area contributed by atoms with Crippen LogP contribution in [0.25, 0.3) is 0 Å². The maximum absolute atomic E-state index is 10.3. The van der Waals surface area contributed by atoms with Gasteiger partial charge >= 0.3 is 0 Å². The van der Waals surface area contributed by atoms with Crippen LogP contribution in [0.2, 0.25) is 0 Å². The third-order valence-electron chi connectivity index (χ3n) is 3.41. The molecule has 21 heavy (non-hydrogen) atoms. The lowest BCUT2D eigenvalue weighted by Gasteiger charge is -2.26. The molecule has 0 radical (unpaired) electrons. The lowest BCUT2D eigenvalue weighted by atomic mass is 10.0. The second-order valence-corrected chi connectivity index (χ2v) is 6.41. The van der Waals surface area contributed by atoms with E-state index < -0.39 is 5.60 Å². The van der Waals surface area contributed by atoms with Crippen molar-refractivity contribution in [3.05, 3.63) is 18.0 Å². The van der Waals surface area contributed by atoms with Crippen molar-refractivity contribution in [1.82, 2.24) is 20.0 Å².